The monoisotopic (exact) mass is 373 g/mol. The Balaban J connectivity index is 1.62. The minimum Gasteiger partial charge on any atom is -0.378 e. The lowest BCUT2D eigenvalue weighted by Crippen LogP contribution is -2.41. The Labute approximate surface area is 159 Å². The molecule has 1 fully saturated rings. The van der Waals surface area contributed by atoms with Gasteiger partial charge in [-0.3, -0.25) is 9.78 Å². The van der Waals surface area contributed by atoms with Crippen molar-refractivity contribution in [2.75, 3.05) is 26.2 Å². The fraction of sp³-hybridized carbons (Fsp3) is 0.400. The zero-order valence-electron chi connectivity index (χ0n) is 14.7. The average Bonchev–Trinajstić information content (AvgIpc) is 2.69. The van der Waals surface area contributed by atoms with Gasteiger partial charge < -0.3 is 15.4 Å². The van der Waals surface area contributed by atoms with Crippen molar-refractivity contribution in [2.24, 2.45) is 5.73 Å². The third-order valence-electron chi connectivity index (χ3n) is 4.59. The summed E-state index contributed by atoms with van der Waals surface area (Å²) in [4.78, 5) is 18.9. The lowest BCUT2D eigenvalue weighted by atomic mass is 10.0. The SMILES string of the molecule is NCCCOC1CCN(C(=O)c2cncc(-c3ccc(Cl)cc3)c2)CC1. The molecule has 1 amide bonds. The molecule has 138 valence electrons. The molecule has 5 nitrogen and oxygen atoms in total. The highest BCUT2D eigenvalue weighted by Crippen LogP contribution is 2.23. The topological polar surface area (TPSA) is 68.5 Å². The summed E-state index contributed by atoms with van der Waals surface area (Å²) in [6.45, 7) is 2.76. The third kappa shape index (κ3) is 4.81. The predicted molar refractivity (Wildman–Crippen MR) is 103 cm³/mol. The number of hydrogen-bond acceptors (Lipinski definition) is 4. The van der Waals surface area contributed by atoms with Gasteiger partial charge in [0, 0.05) is 42.7 Å². The van der Waals surface area contributed by atoms with Gasteiger partial charge in [0.1, 0.15) is 0 Å². The standard InChI is InChI=1S/C20H24ClN3O2/c21-18-4-2-15(3-5-18)16-12-17(14-23-13-16)20(25)24-9-6-19(7-10-24)26-11-1-8-22/h2-5,12-14,19H,1,6-11,22H2. The number of likely N-dealkylation sites (tertiary alicyclic amines) is 1. The van der Waals surface area contributed by atoms with E-state index >= 15 is 0 Å². The van der Waals surface area contributed by atoms with Crippen molar-refractivity contribution >= 4 is 17.5 Å². The van der Waals surface area contributed by atoms with Crippen LogP contribution in [0.25, 0.3) is 11.1 Å². The van der Waals surface area contributed by atoms with Crippen molar-refractivity contribution in [1.82, 2.24) is 9.88 Å². The number of amides is 1. The molecule has 2 heterocycles. The van der Waals surface area contributed by atoms with E-state index in [0.717, 1.165) is 30.4 Å². The number of halogens is 1. The molecule has 0 bridgehead atoms. The Morgan fingerprint density at radius 3 is 2.62 bits per heavy atom. The van der Waals surface area contributed by atoms with Gasteiger partial charge >= 0.3 is 0 Å². The van der Waals surface area contributed by atoms with Gasteiger partial charge in [-0.2, -0.15) is 0 Å². The molecular weight excluding hydrogens is 350 g/mol. The second-order valence-electron chi connectivity index (χ2n) is 6.47. The van der Waals surface area contributed by atoms with Crippen molar-refractivity contribution in [1.29, 1.82) is 0 Å². The summed E-state index contributed by atoms with van der Waals surface area (Å²) in [7, 11) is 0. The summed E-state index contributed by atoms with van der Waals surface area (Å²) in [6.07, 6.45) is 6.22. The lowest BCUT2D eigenvalue weighted by Gasteiger charge is -2.32. The van der Waals surface area contributed by atoms with Crippen LogP contribution in [0.2, 0.25) is 5.02 Å². The summed E-state index contributed by atoms with van der Waals surface area (Å²) in [5.41, 5.74) is 8.00. The van der Waals surface area contributed by atoms with Crippen molar-refractivity contribution in [3.8, 4) is 11.1 Å². The van der Waals surface area contributed by atoms with Crippen LogP contribution in [0.3, 0.4) is 0 Å². The van der Waals surface area contributed by atoms with E-state index in [9.17, 15) is 4.79 Å². The van der Waals surface area contributed by atoms with E-state index in [4.69, 9.17) is 22.1 Å². The van der Waals surface area contributed by atoms with Gasteiger partial charge in [0.2, 0.25) is 0 Å². The molecular formula is C20H24ClN3O2. The van der Waals surface area contributed by atoms with Gasteiger partial charge in [0.05, 0.1) is 11.7 Å². The largest absolute Gasteiger partial charge is 0.378 e. The minimum atomic E-state index is 0.0220. The Hall–Kier alpha value is -1.95. The number of aromatic nitrogens is 1. The molecule has 6 heteroatoms. The fourth-order valence-electron chi connectivity index (χ4n) is 3.10. The number of piperidine rings is 1. The normalized spacial score (nSPS) is 15.2. The third-order valence-corrected chi connectivity index (χ3v) is 4.85. The van der Waals surface area contributed by atoms with Crippen LogP contribution in [0.1, 0.15) is 29.6 Å². The molecule has 0 atom stereocenters. The zero-order valence-corrected chi connectivity index (χ0v) is 15.5. The van der Waals surface area contributed by atoms with E-state index in [1.54, 1.807) is 12.4 Å². The predicted octanol–water partition coefficient (Wildman–Crippen LogP) is 3.37. The highest BCUT2D eigenvalue weighted by molar-refractivity contribution is 6.30. The summed E-state index contributed by atoms with van der Waals surface area (Å²) in [5, 5.41) is 0.686. The van der Waals surface area contributed by atoms with E-state index in [1.807, 2.05) is 35.2 Å². The fourth-order valence-corrected chi connectivity index (χ4v) is 3.22. The molecule has 0 unspecified atom stereocenters. The quantitative estimate of drug-likeness (QED) is 0.788. The number of nitrogens with zero attached hydrogens (tertiary/aromatic N) is 2. The van der Waals surface area contributed by atoms with Gasteiger partial charge in [0.25, 0.3) is 5.91 Å². The minimum absolute atomic E-state index is 0.0220. The number of nitrogens with two attached hydrogens (primary N) is 1. The molecule has 1 aromatic carbocycles. The van der Waals surface area contributed by atoms with Crippen molar-refractivity contribution < 1.29 is 9.53 Å². The van der Waals surface area contributed by atoms with Crippen LogP contribution in [0.4, 0.5) is 0 Å². The Bertz CT molecular complexity index is 728. The second-order valence-corrected chi connectivity index (χ2v) is 6.91. The maximum Gasteiger partial charge on any atom is 0.255 e. The smallest absolute Gasteiger partial charge is 0.255 e. The van der Waals surface area contributed by atoms with Gasteiger partial charge in [-0.05, 0) is 49.6 Å². The van der Waals surface area contributed by atoms with E-state index in [-0.39, 0.29) is 12.0 Å². The first-order valence-electron chi connectivity index (χ1n) is 8.99. The van der Waals surface area contributed by atoms with Crippen molar-refractivity contribution in [3.05, 3.63) is 53.3 Å². The molecule has 0 spiro atoms. The molecule has 1 aliphatic rings. The second kappa shape index (κ2) is 9.12. The average molecular weight is 374 g/mol. The maximum absolute atomic E-state index is 12.8. The summed E-state index contributed by atoms with van der Waals surface area (Å²) in [5.74, 6) is 0.0220. The van der Waals surface area contributed by atoms with Crippen LogP contribution in [-0.4, -0.2) is 48.1 Å². The summed E-state index contributed by atoms with van der Waals surface area (Å²) in [6, 6.07) is 9.42. The zero-order chi connectivity index (χ0) is 18.4. The van der Waals surface area contributed by atoms with Crippen LogP contribution >= 0.6 is 11.6 Å². The van der Waals surface area contributed by atoms with E-state index in [0.29, 0.717) is 36.8 Å². The molecule has 0 saturated carbocycles. The van der Waals surface area contributed by atoms with Gasteiger partial charge in [0.15, 0.2) is 0 Å². The number of carbonyl (C=O) groups is 1. The number of benzene rings is 1. The Kier molecular flexibility index (Phi) is 6.61. The van der Waals surface area contributed by atoms with Crippen LogP contribution in [0.15, 0.2) is 42.7 Å². The molecule has 2 N–H and O–H groups in total. The maximum atomic E-state index is 12.8. The first-order chi connectivity index (χ1) is 12.7. The van der Waals surface area contributed by atoms with Gasteiger partial charge in [-0.15, -0.1) is 0 Å². The van der Waals surface area contributed by atoms with Crippen LogP contribution < -0.4 is 5.73 Å². The number of carbonyl (C=O) groups excluding carboxylic acids is 1. The van der Waals surface area contributed by atoms with E-state index < -0.39 is 0 Å². The van der Waals surface area contributed by atoms with Crippen LogP contribution in [0.5, 0.6) is 0 Å². The molecule has 1 saturated heterocycles. The Morgan fingerprint density at radius 2 is 1.92 bits per heavy atom. The number of pyridine rings is 1. The summed E-state index contributed by atoms with van der Waals surface area (Å²) < 4.78 is 5.80. The molecule has 1 aliphatic heterocycles. The van der Waals surface area contributed by atoms with Crippen molar-refractivity contribution in [3.63, 3.8) is 0 Å². The molecule has 0 radical (unpaired) electrons. The molecule has 3 rings (SSSR count). The van der Waals surface area contributed by atoms with Crippen molar-refractivity contribution in [2.45, 2.75) is 25.4 Å². The lowest BCUT2D eigenvalue weighted by molar-refractivity contribution is 0.00844. The first kappa shape index (κ1) is 18.8. The highest BCUT2D eigenvalue weighted by Gasteiger charge is 2.24. The molecule has 26 heavy (non-hydrogen) atoms. The van der Waals surface area contributed by atoms with Gasteiger partial charge in [-0.1, -0.05) is 23.7 Å². The van der Waals surface area contributed by atoms with Gasteiger partial charge in [-0.25, -0.2) is 0 Å². The number of hydrogen-bond donors (Lipinski definition) is 1. The first-order valence-corrected chi connectivity index (χ1v) is 9.37. The molecule has 2 aromatic rings. The Morgan fingerprint density at radius 1 is 1.19 bits per heavy atom. The van der Waals surface area contributed by atoms with E-state index in [1.165, 1.54) is 0 Å². The van der Waals surface area contributed by atoms with E-state index in [2.05, 4.69) is 4.98 Å². The number of ether oxygens (including phenoxy) is 1. The van der Waals surface area contributed by atoms with Crippen LogP contribution in [-0.2, 0) is 4.74 Å². The van der Waals surface area contributed by atoms with Crippen LogP contribution in [0, 0.1) is 0 Å². The highest BCUT2D eigenvalue weighted by atomic mass is 35.5. The number of rotatable bonds is 6. The molecule has 0 aliphatic carbocycles. The summed E-state index contributed by atoms with van der Waals surface area (Å²) >= 11 is 5.94. The molecule has 1 aromatic heterocycles.